The molecule has 0 amide bonds. The molecule has 3 aromatic rings. The molecule has 5 nitrogen and oxygen atoms in total. The van der Waals surface area contributed by atoms with Gasteiger partial charge < -0.3 is 9.80 Å². The van der Waals surface area contributed by atoms with Crippen molar-refractivity contribution in [3.8, 4) is 0 Å². The van der Waals surface area contributed by atoms with E-state index in [4.69, 9.17) is 0 Å². The highest BCUT2D eigenvalue weighted by atomic mass is 32.2. The third-order valence-electron chi connectivity index (χ3n) is 6.01. The van der Waals surface area contributed by atoms with Gasteiger partial charge in [0, 0.05) is 12.2 Å². The van der Waals surface area contributed by atoms with Gasteiger partial charge in [0.1, 0.15) is 4.90 Å². The van der Waals surface area contributed by atoms with E-state index < -0.39 is 10.1 Å². The van der Waals surface area contributed by atoms with Gasteiger partial charge in [0.05, 0.1) is 18.4 Å². The summed E-state index contributed by atoms with van der Waals surface area (Å²) in [6.45, 7) is 5.59. The summed E-state index contributed by atoms with van der Waals surface area (Å²) in [5.41, 5.74) is 5.45. The number of aryl methyl sites for hydroxylation is 2. The molecule has 0 radical (unpaired) electrons. The summed E-state index contributed by atoms with van der Waals surface area (Å²) < 4.78 is 34.1. The lowest BCUT2D eigenvalue weighted by Gasteiger charge is -2.28. The van der Waals surface area contributed by atoms with Crippen LogP contribution >= 0.6 is 0 Å². The highest BCUT2D eigenvalue weighted by Crippen LogP contribution is 2.40. The lowest BCUT2D eigenvalue weighted by atomic mass is 10.0. The zero-order chi connectivity index (χ0) is 22.0. The number of rotatable bonds is 6. The summed E-state index contributed by atoms with van der Waals surface area (Å²) in [7, 11) is -4.34. The summed E-state index contributed by atoms with van der Waals surface area (Å²) in [6, 6.07) is 23.2. The Hall–Kier alpha value is -2.83. The van der Waals surface area contributed by atoms with Gasteiger partial charge in [-0.25, -0.2) is 0 Å². The van der Waals surface area contributed by atoms with Crippen molar-refractivity contribution in [3.63, 3.8) is 0 Å². The van der Waals surface area contributed by atoms with E-state index in [1.54, 1.807) is 12.1 Å². The first-order chi connectivity index (χ1) is 14.9. The molecule has 1 fully saturated rings. The Morgan fingerprint density at radius 2 is 1.48 bits per heavy atom. The zero-order valence-electron chi connectivity index (χ0n) is 17.9. The van der Waals surface area contributed by atoms with Gasteiger partial charge in [0.25, 0.3) is 10.1 Å². The van der Waals surface area contributed by atoms with Crippen LogP contribution in [0.3, 0.4) is 0 Å². The smallest absolute Gasteiger partial charge is 0.296 e. The van der Waals surface area contributed by atoms with Crippen LogP contribution < -0.4 is 9.80 Å². The summed E-state index contributed by atoms with van der Waals surface area (Å²) in [6.07, 6.45) is 1.86. The van der Waals surface area contributed by atoms with Crippen LogP contribution in [-0.2, 0) is 23.0 Å². The van der Waals surface area contributed by atoms with Crippen molar-refractivity contribution in [2.75, 3.05) is 23.0 Å². The van der Waals surface area contributed by atoms with Crippen LogP contribution in [0.2, 0.25) is 0 Å². The monoisotopic (exact) mass is 436 g/mol. The second-order valence-corrected chi connectivity index (χ2v) is 9.22. The molecule has 0 saturated carbocycles. The van der Waals surface area contributed by atoms with Gasteiger partial charge in [-0.2, -0.15) is 8.42 Å². The fourth-order valence-electron chi connectivity index (χ4n) is 4.55. The molecule has 0 aliphatic carbocycles. The molecule has 1 aliphatic heterocycles. The average molecular weight is 437 g/mol. The molecule has 0 spiro atoms. The van der Waals surface area contributed by atoms with Crippen LogP contribution in [0, 0.1) is 0 Å². The van der Waals surface area contributed by atoms with Crippen molar-refractivity contribution in [1.82, 2.24) is 0 Å². The van der Waals surface area contributed by atoms with E-state index in [2.05, 4.69) is 54.0 Å². The van der Waals surface area contributed by atoms with Crippen molar-refractivity contribution in [1.29, 1.82) is 0 Å². The molecule has 0 bridgehead atoms. The van der Waals surface area contributed by atoms with Crippen LogP contribution in [0.1, 0.15) is 36.6 Å². The van der Waals surface area contributed by atoms with E-state index in [-0.39, 0.29) is 10.9 Å². The summed E-state index contributed by atoms with van der Waals surface area (Å²) in [5, 5.41) is 0. The SMILES string of the molecule is CCc1cccc(CC)c1N1C[C@H](c2ccccc2)N(c2ccccc2S(=O)(=O)O)C1. The predicted molar refractivity (Wildman–Crippen MR) is 125 cm³/mol. The molecule has 1 saturated heterocycles. The first-order valence-electron chi connectivity index (χ1n) is 10.7. The van der Waals surface area contributed by atoms with E-state index >= 15 is 0 Å². The van der Waals surface area contributed by atoms with Gasteiger partial charge in [-0.05, 0) is 41.7 Å². The summed E-state index contributed by atoms with van der Waals surface area (Å²) in [5.74, 6) is 0. The standard InChI is InChI=1S/C25H28N2O3S/c1-3-19-13-10-14-20(4-2)25(19)26-17-23(21-11-6-5-7-12-21)27(18-26)22-15-8-9-16-24(22)31(28,29)30/h5-16,23H,3-4,17-18H2,1-2H3,(H,28,29,30)/t23-/m1/s1. The quantitative estimate of drug-likeness (QED) is 0.546. The number of hydrogen-bond acceptors (Lipinski definition) is 4. The Balaban J connectivity index is 1.84. The van der Waals surface area contributed by atoms with Gasteiger partial charge in [-0.15, -0.1) is 0 Å². The molecule has 31 heavy (non-hydrogen) atoms. The van der Waals surface area contributed by atoms with Gasteiger partial charge in [0.15, 0.2) is 0 Å². The van der Waals surface area contributed by atoms with E-state index in [1.165, 1.54) is 22.9 Å². The minimum absolute atomic E-state index is 0.0429. The van der Waals surface area contributed by atoms with Crippen molar-refractivity contribution >= 4 is 21.5 Å². The number of hydrogen-bond donors (Lipinski definition) is 1. The molecular formula is C25H28N2O3S. The minimum atomic E-state index is -4.34. The first-order valence-corrected chi connectivity index (χ1v) is 12.1. The fraction of sp³-hybridized carbons (Fsp3) is 0.280. The molecule has 162 valence electrons. The molecule has 6 heteroatoms. The molecule has 0 unspecified atom stereocenters. The second-order valence-electron chi connectivity index (χ2n) is 7.83. The Morgan fingerprint density at radius 1 is 0.871 bits per heavy atom. The van der Waals surface area contributed by atoms with Gasteiger partial charge in [0.2, 0.25) is 0 Å². The van der Waals surface area contributed by atoms with Crippen LogP contribution in [-0.4, -0.2) is 26.2 Å². The highest BCUT2D eigenvalue weighted by molar-refractivity contribution is 7.86. The molecule has 1 atom stereocenters. The third kappa shape index (κ3) is 4.18. The minimum Gasteiger partial charge on any atom is -0.351 e. The highest BCUT2D eigenvalue weighted by Gasteiger charge is 2.35. The van der Waals surface area contributed by atoms with Crippen LogP contribution in [0.25, 0.3) is 0 Å². The van der Waals surface area contributed by atoms with Gasteiger partial charge in [-0.3, -0.25) is 4.55 Å². The Kier molecular flexibility index (Phi) is 6.03. The number of para-hydroxylation sites is 2. The lowest BCUT2D eigenvalue weighted by molar-refractivity contribution is 0.483. The molecule has 1 heterocycles. The maximum Gasteiger partial charge on any atom is 0.296 e. The third-order valence-corrected chi connectivity index (χ3v) is 6.91. The Morgan fingerprint density at radius 3 is 2.10 bits per heavy atom. The molecule has 1 aliphatic rings. The largest absolute Gasteiger partial charge is 0.351 e. The van der Waals surface area contributed by atoms with E-state index in [1.807, 2.05) is 24.3 Å². The van der Waals surface area contributed by atoms with E-state index in [0.717, 1.165) is 24.9 Å². The topological polar surface area (TPSA) is 60.9 Å². The Labute approximate surface area is 184 Å². The van der Waals surface area contributed by atoms with Crippen LogP contribution in [0.15, 0.2) is 77.7 Å². The number of benzene rings is 3. The van der Waals surface area contributed by atoms with E-state index in [9.17, 15) is 13.0 Å². The van der Waals surface area contributed by atoms with Crippen molar-refractivity contribution in [2.45, 2.75) is 37.6 Å². The first kappa shape index (κ1) is 21.4. The Bertz CT molecular complexity index is 1140. The molecule has 1 N–H and O–H groups in total. The normalized spacial score (nSPS) is 16.7. The zero-order valence-corrected chi connectivity index (χ0v) is 18.7. The maximum atomic E-state index is 12.1. The van der Waals surface area contributed by atoms with Gasteiger partial charge >= 0.3 is 0 Å². The second kappa shape index (κ2) is 8.73. The fourth-order valence-corrected chi connectivity index (χ4v) is 5.25. The van der Waals surface area contributed by atoms with Gasteiger partial charge in [-0.1, -0.05) is 74.5 Å². The lowest BCUT2D eigenvalue weighted by Crippen LogP contribution is -2.28. The molecule has 3 aromatic carbocycles. The number of nitrogens with zero attached hydrogens (tertiary/aromatic N) is 2. The molecule has 0 aromatic heterocycles. The average Bonchev–Trinajstić information content (AvgIpc) is 3.23. The maximum absolute atomic E-state index is 12.1. The van der Waals surface area contributed by atoms with Crippen molar-refractivity contribution in [2.24, 2.45) is 0 Å². The van der Waals surface area contributed by atoms with Crippen molar-refractivity contribution < 1.29 is 13.0 Å². The molecule has 4 rings (SSSR count). The van der Waals surface area contributed by atoms with Crippen molar-refractivity contribution in [3.05, 3.63) is 89.5 Å². The molecular weight excluding hydrogens is 408 g/mol. The summed E-state index contributed by atoms with van der Waals surface area (Å²) in [4.78, 5) is 4.37. The van der Waals surface area contributed by atoms with E-state index in [0.29, 0.717) is 12.4 Å². The van der Waals surface area contributed by atoms with Crippen LogP contribution in [0.5, 0.6) is 0 Å². The summed E-state index contributed by atoms with van der Waals surface area (Å²) >= 11 is 0. The number of anilines is 2. The predicted octanol–water partition coefficient (Wildman–Crippen LogP) is 5.08. The van der Waals surface area contributed by atoms with Crippen LogP contribution in [0.4, 0.5) is 11.4 Å².